The van der Waals surface area contributed by atoms with Gasteiger partial charge in [-0.25, -0.2) is 0 Å². The van der Waals surface area contributed by atoms with Crippen molar-refractivity contribution in [1.29, 1.82) is 0 Å². The van der Waals surface area contributed by atoms with E-state index in [9.17, 15) is 0 Å². The van der Waals surface area contributed by atoms with Crippen molar-refractivity contribution in [2.45, 2.75) is 6.92 Å². The zero-order chi connectivity index (χ0) is 13.2. The Morgan fingerprint density at radius 2 is 2.16 bits per heavy atom. The van der Waals surface area contributed by atoms with Crippen LogP contribution in [0, 0.1) is 0 Å². The predicted molar refractivity (Wildman–Crippen MR) is 74.9 cm³/mol. The molecule has 0 fully saturated rings. The molecule has 96 valence electrons. The van der Waals surface area contributed by atoms with Crippen LogP contribution in [0.4, 0.5) is 5.82 Å². The summed E-state index contributed by atoms with van der Waals surface area (Å²) < 4.78 is 5.60. The van der Waals surface area contributed by atoms with Gasteiger partial charge in [0.1, 0.15) is 17.1 Å². The molecule has 0 bridgehead atoms. The number of nitrogens with zero attached hydrogens (tertiary/aromatic N) is 2. The van der Waals surface area contributed by atoms with E-state index < -0.39 is 0 Å². The smallest absolute Gasteiger partial charge is 0.145 e. The van der Waals surface area contributed by atoms with Gasteiger partial charge in [0.2, 0.25) is 0 Å². The number of aromatic nitrogens is 3. The molecular weight excluding hydrogens is 240 g/mol. The fraction of sp³-hybridized carbons (Fsp3) is 0.143. The molecule has 3 N–H and O–H groups in total. The van der Waals surface area contributed by atoms with Crippen molar-refractivity contribution in [2.75, 3.05) is 12.3 Å². The first-order valence-corrected chi connectivity index (χ1v) is 6.11. The van der Waals surface area contributed by atoms with Crippen molar-refractivity contribution in [3.63, 3.8) is 0 Å². The van der Waals surface area contributed by atoms with E-state index in [2.05, 4.69) is 15.2 Å². The summed E-state index contributed by atoms with van der Waals surface area (Å²) in [5.74, 6) is 1.33. The molecular formula is C14H14N4O. The Morgan fingerprint density at radius 3 is 2.89 bits per heavy atom. The highest BCUT2D eigenvalue weighted by molar-refractivity contribution is 5.99. The van der Waals surface area contributed by atoms with Crippen molar-refractivity contribution >= 4 is 16.7 Å². The molecule has 0 saturated heterocycles. The van der Waals surface area contributed by atoms with Crippen LogP contribution in [-0.4, -0.2) is 21.8 Å². The van der Waals surface area contributed by atoms with Crippen molar-refractivity contribution in [3.05, 3.63) is 36.7 Å². The van der Waals surface area contributed by atoms with Crippen LogP contribution in [0.1, 0.15) is 6.92 Å². The first kappa shape index (κ1) is 11.5. The number of fused-ring (bicyclic) bond motifs is 1. The summed E-state index contributed by atoms with van der Waals surface area (Å²) in [5.41, 5.74) is 8.60. The van der Waals surface area contributed by atoms with Gasteiger partial charge in [0.25, 0.3) is 0 Å². The highest BCUT2D eigenvalue weighted by atomic mass is 16.5. The van der Waals surface area contributed by atoms with Crippen LogP contribution < -0.4 is 10.5 Å². The molecule has 0 saturated carbocycles. The van der Waals surface area contributed by atoms with E-state index in [1.165, 1.54) is 0 Å². The number of ether oxygens (including phenoxy) is 1. The number of aromatic amines is 1. The standard InChI is InChI=1S/C14H14N4O/c1-2-19-12-6-5-9(11-8-17-18-14(11)15)10-4-3-7-16-13(10)12/h3-8H,2H2,1H3,(H3,15,17,18). The molecule has 0 aliphatic heterocycles. The summed E-state index contributed by atoms with van der Waals surface area (Å²) in [7, 11) is 0. The lowest BCUT2D eigenvalue weighted by Gasteiger charge is -2.10. The largest absolute Gasteiger partial charge is 0.492 e. The Morgan fingerprint density at radius 1 is 1.26 bits per heavy atom. The number of hydrogen-bond donors (Lipinski definition) is 2. The summed E-state index contributed by atoms with van der Waals surface area (Å²) in [6.45, 7) is 2.57. The topological polar surface area (TPSA) is 76.8 Å². The molecule has 2 heterocycles. The fourth-order valence-corrected chi connectivity index (χ4v) is 2.16. The molecule has 0 radical (unpaired) electrons. The summed E-state index contributed by atoms with van der Waals surface area (Å²) in [6.07, 6.45) is 3.48. The maximum absolute atomic E-state index is 5.89. The predicted octanol–water partition coefficient (Wildman–Crippen LogP) is 2.61. The lowest BCUT2D eigenvalue weighted by molar-refractivity contribution is 0.343. The molecule has 0 amide bonds. The average Bonchev–Trinajstić information content (AvgIpc) is 2.86. The molecule has 5 nitrogen and oxygen atoms in total. The highest BCUT2D eigenvalue weighted by Gasteiger charge is 2.12. The molecule has 0 aliphatic carbocycles. The lowest BCUT2D eigenvalue weighted by Crippen LogP contribution is -1.95. The quantitative estimate of drug-likeness (QED) is 0.753. The minimum absolute atomic E-state index is 0.550. The van der Waals surface area contributed by atoms with Gasteiger partial charge in [0.05, 0.1) is 12.8 Å². The van der Waals surface area contributed by atoms with E-state index in [4.69, 9.17) is 10.5 Å². The van der Waals surface area contributed by atoms with Crippen LogP contribution in [0.5, 0.6) is 5.75 Å². The zero-order valence-corrected chi connectivity index (χ0v) is 10.6. The van der Waals surface area contributed by atoms with Crippen LogP contribution in [0.25, 0.3) is 22.0 Å². The summed E-state index contributed by atoms with van der Waals surface area (Å²) >= 11 is 0. The van der Waals surface area contributed by atoms with Crippen molar-refractivity contribution < 1.29 is 4.74 Å². The molecule has 0 aliphatic rings. The van der Waals surface area contributed by atoms with E-state index in [-0.39, 0.29) is 0 Å². The van der Waals surface area contributed by atoms with Gasteiger partial charge < -0.3 is 10.5 Å². The third-order valence-electron chi connectivity index (χ3n) is 2.99. The average molecular weight is 254 g/mol. The number of anilines is 1. The van der Waals surface area contributed by atoms with Gasteiger partial charge in [-0.2, -0.15) is 5.10 Å². The van der Waals surface area contributed by atoms with Gasteiger partial charge in [0.15, 0.2) is 0 Å². The van der Waals surface area contributed by atoms with E-state index in [0.29, 0.717) is 12.4 Å². The molecule has 19 heavy (non-hydrogen) atoms. The maximum Gasteiger partial charge on any atom is 0.145 e. The first-order valence-electron chi connectivity index (χ1n) is 6.11. The monoisotopic (exact) mass is 254 g/mol. The number of H-pyrrole nitrogens is 1. The summed E-state index contributed by atoms with van der Waals surface area (Å²) in [5, 5.41) is 7.71. The molecule has 3 rings (SSSR count). The van der Waals surface area contributed by atoms with Gasteiger partial charge in [0, 0.05) is 17.1 Å². The summed E-state index contributed by atoms with van der Waals surface area (Å²) in [4.78, 5) is 4.40. The highest BCUT2D eigenvalue weighted by Crippen LogP contribution is 2.34. The van der Waals surface area contributed by atoms with Crippen LogP contribution in [0.2, 0.25) is 0 Å². The second-order valence-corrected chi connectivity index (χ2v) is 4.14. The second kappa shape index (κ2) is 4.61. The third-order valence-corrected chi connectivity index (χ3v) is 2.99. The first-order chi connectivity index (χ1) is 9.31. The van der Waals surface area contributed by atoms with Gasteiger partial charge in [-0.05, 0) is 30.7 Å². The van der Waals surface area contributed by atoms with E-state index in [1.54, 1.807) is 12.4 Å². The zero-order valence-electron chi connectivity index (χ0n) is 10.6. The third kappa shape index (κ3) is 1.89. The van der Waals surface area contributed by atoms with Crippen LogP contribution in [-0.2, 0) is 0 Å². The van der Waals surface area contributed by atoms with Gasteiger partial charge in [-0.3, -0.25) is 10.1 Å². The minimum atomic E-state index is 0.550. The molecule has 0 atom stereocenters. The number of rotatable bonds is 3. The van der Waals surface area contributed by atoms with Gasteiger partial charge in [-0.15, -0.1) is 0 Å². The normalized spacial score (nSPS) is 10.8. The van der Waals surface area contributed by atoms with Crippen LogP contribution >= 0.6 is 0 Å². The molecule has 0 spiro atoms. The van der Waals surface area contributed by atoms with Crippen molar-refractivity contribution in [2.24, 2.45) is 0 Å². The number of nitrogen functional groups attached to an aromatic ring is 1. The van der Waals surface area contributed by atoms with Crippen molar-refractivity contribution in [3.8, 4) is 16.9 Å². The fourth-order valence-electron chi connectivity index (χ4n) is 2.16. The molecule has 1 aromatic carbocycles. The molecule has 3 aromatic rings. The Labute approximate surface area is 110 Å². The Balaban J connectivity index is 2.28. The maximum atomic E-state index is 5.89. The number of pyridine rings is 1. The van der Waals surface area contributed by atoms with Crippen LogP contribution in [0.3, 0.4) is 0 Å². The molecule has 2 aromatic heterocycles. The second-order valence-electron chi connectivity index (χ2n) is 4.14. The Hall–Kier alpha value is -2.56. The number of nitrogens with one attached hydrogen (secondary N) is 1. The number of benzene rings is 1. The lowest BCUT2D eigenvalue weighted by atomic mass is 10.0. The Bertz CT molecular complexity index is 720. The van der Waals surface area contributed by atoms with E-state index in [0.717, 1.165) is 27.8 Å². The Kier molecular flexibility index (Phi) is 2.79. The number of hydrogen-bond acceptors (Lipinski definition) is 4. The van der Waals surface area contributed by atoms with E-state index in [1.807, 2.05) is 31.2 Å². The SMILES string of the molecule is CCOc1ccc(-c2cn[nH]c2N)c2cccnc12. The van der Waals surface area contributed by atoms with Crippen LogP contribution in [0.15, 0.2) is 36.7 Å². The molecule has 0 unspecified atom stereocenters. The minimum Gasteiger partial charge on any atom is -0.492 e. The molecule has 5 heteroatoms. The summed E-state index contributed by atoms with van der Waals surface area (Å²) in [6, 6.07) is 7.81. The van der Waals surface area contributed by atoms with Gasteiger partial charge in [-0.1, -0.05) is 6.07 Å². The van der Waals surface area contributed by atoms with Crippen molar-refractivity contribution in [1.82, 2.24) is 15.2 Å². The van der Waals surface area contributed by atoms with Gasteiger partial charge >= 0.3 is 0 Å². The van der Waals surface area contributed by atoms with E-state index >= 15 is 0 Å². The number of nitrogens with two attached hydrogens (primary N) is 1.